The van der Waals surface area contributed by atoms with Crippen LogP contribution in [0.3, 0.4) is 0 Å². The van der Waals surface area contributed by atoms with Gasteiger partial charge in [-0.3, -0.25) is 4.68 Å². The second kappa shape index (κ2) is 4.86. The highest BCUT2D eigenvalue weighted by Gasteiger charge is 2.12. The van der Waals surface area contributed by atoms with Crippen molar-refractivity contribution in [2.45, 2.75) is 19.6 Å². The minimum absolute atomic E-state index is 0.471. The van der Waals surface area contributed by atoms with Gasteiger partial charge >= 0.3 is 0 Å². The molecular formula is C16H16N2O. The first-order chi connectivity index (χ1) is 9.25. The fourth-order valence-corrected chi connectivity index (χ4v) is 2.39. The minimum Gasteiger partial charge on any atom is -0.386 e. The molecule has 1 atom stereocenters. The Hall–Kier alpha value is -2.13. The summed E-state index contributed by atoms with van der Waals surface area (Å²) in [5.41, 5.74) is 3.11. The molecule has 1 heterocycles. The molecule has 1 N–H and O–H groups in total. The number of aliphatic hydroxyl groups is 1. The fourth-order valence-electron chi connectivity index (χ4n) is 2.39. The van der Waals surface area contributed by atoms with Crippen molar-refractivity contribution < 1.29 is 5.11 Å². The van der Waals surface area contributed by atoms with Gasteiger partial charge < -0.3 is 5.11 Å². The van der Waals surface area contributed by atoms with Crippen LogP contribution in [0.25, 0.3) is 10.9 Å². The number of fused-ring (bicyclic) bond motifs is 1. The molecule has 96 valence electrons. The van der Waals surface area contributed by atoms with Crippen LogP contribution in [0.4, 0.5) is 0 Å². The number of hydrogen-bond acceptors (Lipinski definition) is 2. The van der Waals surface area contributed by atoms with Crippen LogP contribution in [0.1, 0.15) is 17.2 Å². The van der Waals surface area contributed by atoms with E-state index in [0.29, 0.717) is 6.54 Å². The van der Waals surface area contributed by atoms with Gasteiger partial charge in [0, 0.05) is 5.39 Å². The summed E-state index contributed by atoms with van der Waals surface area (Å²) < 4.78 is 1.85. The van der Waals surface area contributed by atoms with E-state index < -0.39 is 6.10 Å². The summed E-state index contributed by atoms with van der Waals surface area (Å²) in [6.07, 6.45) is 1.30. The number of aliphatic hydroxyl groups excluding tert-OH is 1. The molecule has 0 bridgehead atoms. The Morgan fingerprint density at radius 1 is 1.11 bits per heavy atom. The lowest BCUT2D eigenvalue weighted by atomic mass is 10.0. The third-order valence-electron chi connectivity index (χ3n) is 3.44. The van der Waals surface area contributed by atoms with E-state index in [0.717, 1.165) is 22.0 Å². The molecule has 1 unspecified atom stereocenters. The van der Waals surface area contributed by atoms with Crippen molar-refractivity contribution in [2.24, 2.45) is 0 Å². The van der Waals surface area contributed by atoms with Crippen molar-refractivity contribution in [1.82, 2.24) is 9.78 Å². The molecule has 3 rings (SSSR count). The maximum Gasteiger partial charge on any atom is 0.0988 e. The quantitative estimate of drug-likeness (QED) is 0.778. The number of aryl methyl sites for hydroxylation is 1. The van der Waals surface area contributed by atoms with Gasteiger partial charge in [-0.2, -0.15) is 5.10 Å². The van der Waals surface area contributed by atoms with E-state index in [4.69, 9.17) is 0 Å². The summed E-state index contributed by atoms with van der Waals surface area (Å²) in [5.74, 6) is 0. The van der Waals surface area contributed by atoms with E-state index in [-0.39, 0.29) is 0 Å². The van der Waals surface area contributed by atoms with Crippen molar-refractivity contribution in [3.63, 3.8) is 0 Å². The molecule has 0 aliphatic rings. The Morgan fingerprint density at radius 3 is 2.68 bits per heavy atom. The van der Waals surface area contributed by atoms with Gasteiger partial charge in [0.25, 0.3) is 0 Å². The van der Waals surface area contributed by atoms with Crippen LogP contribution >= 0.6 is 0 Å². The Kier molecular flexibility index (Phi) is 3.05. The van der Waals surface area contributed by atoms with E-state index in [1.54, 1.807) is 0 Å². The molecule has 0 saturated carbocycles. The predicted molar refractivity (Wildman–Crippen MR) is 75.9 cm³/mol. The first kappa shape index (κ1) is 11.9. The summed E-state index contributed by atoms with van der Waals surface area (Å²) >= 11 is 0. The zero-order chi connectivity index (χ0) is 13.2. The molecule has 0 fully saturated rings. The van der Waals surface area contributed by atoms with Gasteiger partial charge in [0.05, 0.1) is 24.4 Å². The summed E-state index contributed by atoms with van der Waals surface area (Å²) in [7, 11) is 0. The standard InChI is InChI=1S/C16H16N2O/c1-12-6-2-4-8-14(12)16(19)11-18-15-9-5-3-7-13(15)10-17-18/h2-10,16,19H,11H2,1H3. The van der Waals surface area contributed by atoms with Crippen LogP contribution in [0.15, 0.2) is 54.7 Å². The van der Waals surface area contributed by atoms with Crippen molar-refractivity contribution in [2.75, 3.05) is 0 Å². The largest absolute Gasteiger partial charge is 0.386 e. The van der Waals surface area contributed by atoms with E-state index in [9.17, 15) is 5.11 Å². The van der Waals surface area contributed by atoms with Crippen molar-refractivity contribution in [1.29, 1.82) is 0 Å². The highest BCUT2D eigenvalue weighted by atomic mass is 16.3. The SMILES string of the molecule is Cc1ccccc1C(O)Cn1ncc2ccccc21. The molecule has 0 aliphatic carbocycles. The molecular weight excluding hydrogens is 236 g/mol. The predicted octanol–water partition coefficient (Wildman–Crippen LogP) is 3.08. The highest BCUT2D eigenvalue weighted by Crippen LogP contribution is 2.21. The van der Waals surface area contributed by atoms with E-state index >= 15 is 0 Å². The maximum absolute atomic E-state index is 10.4. The number of aromatic nitrogens is 2. The molecule has 0 saturated heterocycles. The molecule has 0 spiro atoms. The second-order valence-electron chi connectivity index (χ2n) is 4.76. The first-order valence-electron chi connectivity index (χ1n) is 6.40. The van der Waals surface area contributed by atoms with Gasteiger partial charge in [-0.25, -0.2) is 0 Å². The summed E-state index contributed by atoms with van der Waals surface area (Å²) in [5, 5.41) is 15.8. The van der Waals surface area contributed by atoms with Gasteiger partial charge in [0.1, 0.15) is 0 Å². The molecule has 3 nitrogen and oxygen atoms in total. The van der Waals surface area contributed by atoms with Crippen LogP contribution < -0.4 is 0 Å². The van der Waals surface area contributed by atoms with Gasteiger partial charge in [-0.1, -0.05) is 42.5 Å². The number of rotatable bonds is 3. The zero-order valence-electron chi connectivity index (χ0n) is 10.8. The second-order valence-corrected chi connectivity index (χ2v) is 4.76. The molecule has 3 aromatic rings. The molecule has 1 aromatic heterocycles. The van der Waals surface area contributed by atoms with Crippen LogP contribution in [0.5, 0.6) is 0 Å². The van der Waals surface area contributed by atoms with E-state index in [1.165, 1.54) is 0 Å². The summed E-state index contributed by atoms with van der Waals surface area (Å²) in [6, 6.07) is 15.9. The zero-order valence-corrected chi connectivity index (χ0v) is 10.8. The molecule has 3 heteroatoms. The topological polar surface area (TPSA) is 38.0 Å². The molecule has 2 aromatic carbocycles. The van der Waals surface area contributed by atoms with Gasteiger partial charge in [-0.15, -0.1) is 0 Å². The van der Waals surface area contributed by atoms with Gasteiger partial charge in [-0.05, 0) is 24.1 Å². The average Bonchev–Trinajstić information content (AvgIpc) is 2.83. The number of benzene rings is 2. The number of para-hydroxylation sites is 1. The summed E-state index contributed by atoms with van der Waals surface area (Å²) in [4.78, 5) is 0. The third-order valence-corrected chi connectivity index (χ3v) is 3.44. The van der Waals surface area contributed by atoms with Crippen LogP contribution in [0, 0.1) is 6.92 Å². The number of nitrogens with zero attached hydrogens (tertiary/aromatic N) is 2. The Labute approximate surface area is 112 Å². The lowest BCUT2D eigenvalue weighted by Crippen LogP contribution is -2.10. The molecule has 0 radical (unpaired) electrons. The van der Waals surface area contributed by atoms with Crippen LogP contribution in [-0.2, 0) is 6.54 Å². The van der Waals surface area contributed by atoms with Crippen molar-refractivity contribution in [3.05, 3.63) is 65.9 Å². The van der Waals surface area contributed by atoms with E-state index in [1.807, 2.05) is 66.3 Å². The average molecular weight is 252 g/mol. The van der Waals surface area contributed by atoms with Crippen LogP contribution in [0.2, 0.25) is 0 Å². The number of hydrogen-bond donors (Lipinski definition) is 1. The smallest absolute Gasteiger partial charge is 0.0988 e. The van der Waals surface area contributed by atoms with Crippen LogP contribution in [-0.4, -0.2) is 14.9 Å². The lowest BCUT2D eigenvalue weighted by molar-refractivity contribution is 0.152. The van der Waals surface area contributed by atoms with Crippen molar-refractivity contribution in [3.8, 4) is 0 Å². The molecule has 0 aliphatic heterocycles. The fraction of sp³-hybridized carbons (Fsp3) is 0.188. The third kappa shape index (κ3) is 2.25. The Morgan fingerprint density at radius 2 is 1.84 bits per heavy atom. The Bertz CT molecular complexity index is 703. The lowest BCUT2D eigenvalue weighted by Gasteiger charge is -2.14. The normalized spacial score (nSPS) is 12.7. The van der Waals surface area contributed by atoms with E-state index in [2.05, 4.69) is 5.10 Å². The summed E-state index contributed by atoms with van der Waals surface area (Å²) in [6.45, 7) is 2.48. The Balaban J connectivity index is 1.91. The van der Waals surface area contributed by atoms with Gasteiger partial charge in [0.2, 0.25) is 0 Å². The van der Waals surface area contributed by atoms with Gasteiger partial charge in [0.15, 0.2) is 0 Å². The maximum atomic E-state index is 10.4. The molecule has 0 amide bonds. The first-order valence-corrected chi connectivity index (χ1v) is 6.40. The minimum atomic E-state index is -0.537. The van der Waals surface area contributed by atoms with Crippen molar-refractivity contribution >= 4 is 10.9 Å². The monoisotopic (exact) mass is 252 g/mol. The molecule has 19 heavy (non-hydrogen) atoms. The highest BCUT2D eigenvalue weighted by molar-refractivity contribution is 5.78.